The third-order valence-electron chi connectivity index (χ3n) is 9.66. The molecule has 3 aliphatic rings. The van der Waals surface area contributed by atoms with Crippen molar-refractivity contribution in [3.05, 3.63) is 77.7 Å². The maximum atomic E-state index is 13.5. The Labute approximate surface area is 259 Å². The molecule has 6 rings (SSSR count). The zero-order chi connectivity index (χ0) is 30.6. The van der Waals surface area contributed by atoms with Crippen molar-refractivity contribution in [2.45, 2.75) is 52.0 Å². The summed E-state index contributed by atoms with van der Waals surface area (Å²) in [4.78, 5) is 46.3. The minimum atomic E-state index is -0.366. The molecule has 44 heavy (non-hydrogen) atoms. The molecule has 2 saturated heterocycles. The van der Waals surface area contributed by atoms with Gasteiger partial charge in [-0.25, -0.2) is 0 Å². The first kappa shape index (κ1) is 29.8. The average molecular weight is 598 g/mol. The summed E-state index contributed by atoms with van der Waals surface area (Å²) in [6, 6.07) is 17.1. The summed E-state index contributed by atoms with van der Waals surface area (Å²) in [5, 5.41) is 6.17. The predicted octanol–water partition coefficient (Wildman–Crippen LogP) is 5.32. The summed E-state index contributed by atoms with van der Waals surface area (Å²) in [6.45, 7) is 8.82. The van der Waals surface area contributed by atoms with Crippen LogP contribution in [-0.2, 0) is 4.79 Å². The molecule has 0 radical (unpaired) electrons. The van der Waals surface area contributed by atoms with Crippen LogP contribution in [0.3, 0.4) is 0 Å². The highest BCUT2D eigenvalue weighted by Gasteiger charge is 2.39. The highest BCUT2D eigenvalue weighted by atomic mass is 16.3. The lowest BCUT2D eigenvalue weighted by molar-refractivity contribution is -0.142. The van der Waals surface area contributed by atoms with Crippen LogP contribution in [-0.4, -0.2) is 67.9 Å². The number of carbonyl (C=O) groups excluding carboxylic acids is 3. The molecule has 232 valence electrons. The van der Waals surface area contributed by atoms with E-state index in [0.29, 0.717) is 23.7 Å². The molecule has 2 N–H and O–H groups in total. The van der Waals surface area contributed by atoms with Gasteiger partial charge in [0.25, 0.3) is 11.8 Å². The Kier molecular flexibility index (Phi) is 8.91. The lowest BCUT2D eigenvalue weighted by Gasteiger charge is -2.41. The second-order valence-corrected chi connectivity index (χ2v) is 12.4. The second kappa shape index (κ2) is 13.2. The van der Waals surface area contributed by atoms with Crippen molar-refractivity contribution >= 4 is 34.8 Å². The van der Waals surface area contributed by atoms with E-state index >= 15 is 0 Å². The minimum absolute atomic E-state index is 0.101. The van der Waals surface area contributed by atoms with Crippen LogP contribution in [0, 0.1) is 18.8 Å². The van der Waals surface area contributed by atoms with Crippen molar-refractivity contribution in [3.63, 3.8) is 0 Å². The number of amides is 3. The molecule has 1 unspecified atom stereocenters. The van der Waals surface area contributed by atoms with Crippen LogP contribution < -0.4 is 20.4 Å². The van der Waals surface area contributed by atoms with Gasteiger partial charge in [0, 0.05) is 62.5 Å². The highest BCUT2D eigenvalue weighted by molar-refractivity contribution is 6.05. The molecule has 9 heteroatoms. The number of hydrogen-bond donors (Lipinski definition) is 2. The third kappa shape index (κ3) is 6.32. The molecule has 1 aliphatic carbocycles. The van der Waals surface area contributed by atoms with Gasteiger partial charge in [0.05, 0.1) is 17.6 Å². The van der Waals surface area contributed by atoms with Gasteiger partial charge in [-0.2, -0.15) is 0 Å². The van der Waals surface area contributed by atoms with E-state index in [1.165, 1.54) is 17.5 Å². The number of benzene rings is 2. The predicted molar refractivity (Wildman–Crippen MR) is 172 cm³/mol. The fourth-order valence-corrected chi connectivity index (χ4v) is 6.93. The normalized spacial score (nSPS) is 21.9. The van der Waals surface area contributed by atoms with Gasteiger partial charge in [0.1, 0.15) is 0 Å². The Balaban J connectivity index is 1.16. The van der Waals surface area contributed by atoms with Crippen LogP contribution >= 0.6 is 0 Å². The van der Waals surface area contributed by atoms with Crippen LogP contribution in [0.4, 0.5) is 17.1 Å². The molecule has 3 fully saturated rings. The number of likely N-dealkylation sites (tertiary alicyclic amines) is 1. The number of nitrogens with one attached hydrogen (secondary N) is 2. The Bertz CT molecular complexity index is 1480. The van der Waals surface area contributed by atoms with Gasteiger partial charge in [-0.1, -0.05) is 31.5 Å². The standard InChI is InChI=1S/C35H43N5O4/c1-3-25-12-14-28(25)35(43)40-16-6-9-27(23-40)36-33(41)26-13-15-31(29(22-26)37-34(42)32-11-7-21-44-32)39-19-17-38(18-20-39)30-10-5-4-8-24(30)2/h4-5,7-8,10-11,13,15,21-22,25,27-28H,3,6,9,12,14,16-20,23H2,1-2H3,(H,36,41)(H,37,42)/t25?,27-,28+/m1/s1. The van der Waals surface area contributed by atoms with Gasteiger partial charge in [0.2, 0.25) is 5.91 Å². The molecule has 1 aromatic heterocycles. The van der Waals surface area contributed by atoms with E-state index in [2.05, 4.69) is 58.5 Å². The quantitative estimate of drug-likeness (QED) is 0.365. The lowest BCUT2D eigenvalue weighted by atomic mass is 9.71. The number of para-hydroxylation sites is 1. The highest BCUT2D eigenvalue weighted by Crippen LogP contribution is 2.38. The third-order valence-corrected chi connectivity index (χ3v) is 9.66. The first-order valence-corrected chi connectivity index (χ1v) is 16.1. The number of anilines is 3. The summed E-state index contributed by atoms with van der Waals surface area (Å²) in [7, 11) is 0. The Morgan fingerprint density at radius 3 is 2.32 bits per heavy atom. The van der Waals surface area contributed by atoms with Gasteiger partial charge in [-0.3, -0.25) is 14.4 Å². The Morgan fingerprint density at radius 2 is 1.64 bits per heavy atom. The van der Waals surface area contributed by atoms with Gasteiger partial charge in [0.15, 0.2) is 5.76 Å². The van der Waals surface area contributed by atoms with Crippen LogP contribution in [0.25, 0.3) is 0 Å². The zero-order valence-electron chi connectivity index (χ0n) is 25.8. The lowest BCUT2D eigenvalue weighted by Crippen LogP contribution is -2.53. The van der Waals surface area contributed by atoms with Crippen molar-refractivity contribution in [2.24, 2.45) is 11.8 Å². The van der Waals surface area contributed by atoms with Crippen molar-refractivity contribution in [3.8, 4) is 0 Å². The zero-order valence-corrected chi connectivity index (χ0v) is 25.8. The maximum Gasteiger partial charge on any atom is 0.291 e. The number of piperazine rings is 1. The van der Waals surface area contributed by atoms with E-state index in [4.69, 9.17) is 4.42 Å². The largest absolute Gasteiger partial charge is 0.459 e. The van der Waals surface area contributed by atoms with Crippen LogP contribution in [0.1, 0.15) is 65.5 Å². The number of nitrogens with zero attached hydrogens (tertiary/aromatic N) is 3. The molecule has 2 aromatic carbocycles. The van der Waals surface area contributed by atoms with Crippen molar-refractivity contribution in [1.82, 2.24) is 10.2 Å². The van der Waals surface area contributed by atoms with Gasteiger partial charge < -0.3 is 29.8 Å². The molecular formula is C35H43N5O4. The molecule has 0 bridgehead atoms. The molecular weight excluding hydrogens is 554 g/mol. The van der Waals surface area contributed by atoms with Gasteiger partial charge in [-0.15, -0.1) is 0 Å². The fraction of sp³-hybridized carbons (Fsp3) is 0.457. The van der Waals surface area contributed by atoms with Crippen molar-refractivity contribution in [2.75, 3.05) is 54.4 Å². The smallest absolute Gasteiger partial charge is 0.291 e. The number of furan rings is 1. The number of hydrogen-bond acceptors (Lipinski definition) is 6. The topological polar surface area (TPSA) is 98.1 Å². The molecule has 3 atom stereocenters. The summed E-state index contributed by atoms with van der Waals surface area (Å²) in [6.07, 6.45) is 6.33. The van der Waals surface area contributed by atoms with Crippen LogP contribution in [0.15, 0.2) is 65.3 Å². The number of carbonyl (C=O) groups is 3. The average Bonchev–Trinajstić information content (AvgIpc) is 3.57. The van der Waals surface area contributed by atoms with E-state index in [0.717, 1.165) is 70.5 Å². The number of aryl methyl sites for hydroxylation is 1. The second-order valence-electron chi connectivity index (χ2n) is 12.4. The van der Waals surface area contributed by atoms with Gasteiger partial charge in [-0.05, 0) is 80.5 Å². The number of rotatable bonds is 8. The molecule has 0 spiro atoms. The van der Waals surface area contributed by atoms with Crippen molar-refractivity contribution < 1.29 is 18.8 Å². The Hall–Kier alpha value is -4.27. The van der Waals surface area contributed by atoms with E-state index in [-0.39, 0.29) is 35.4 Å². The Morgan fingerprint density at radius 1 is 0.864 bits per heavy atom. The van der Waals surface area contributed by atoms with E-state index < -0.39 is 0 Å². The molecule has 9 nitrogen and oxygen atoms in total. The summed E-state index contributed by atoms with van der Waals surface area (Å²) >= 11 is 0. The van der Waals surface area contributed by atoms with E-state index in [1.54, 1.807) is 18.2 Å². The maximum absolute atomic E-state index is 13.5. The molecule has 1 saturated carbocycles. The van der Waals surface area contributed by atoms with Crippen LogP contribution in [0.5, 0.6) is 0 Å². The van der Waals surface area contributed by atoms with E-state index in [9.17, 15) is 14.4 Å². The van der Waals surface area contributed by atoms with E-state index in [1.807, 2.05) is 17.0 Å². The van der Waals surface area contributed by atoms with Gasteiger partial charge >= 0.3 is 0 Å². The SMILES string of the molecule is CCC1CC[C@@H]1C(=O)N1CCC[C@@H](NC(=O)c2ccc(N3CCN(c4ccccc4C)CC3)c(NC(=O)c3ccco3)c2)C1. The minimum Gasteiger partial charge on any atom is -0.459 e. The molecule has 3 aromatic rings. The summed E-state index contributed by atoms with van der Waals surface area (Å²) in [5.74, 6) is 0.520. The molecule has 3 amide bonds. The van der Waals surface area contributed by atoms with Crippen molar-refractivity contribution in [1.29, 1.82) is 0 Å². The molecule has 2 aliphatic heterocycles. The summed E-state index contributed by atoms with van der Waals surface area (Å²) < 4.78 is 5.33. The first-order chi connectivity index (χ1) is 21.4. The molecule has 3 heterocycles. The first-order valence-electron chi connectivity index (χ1n) is 16.1. The fourth-order valence-electron chi connectivity index (χ4n) is 6.93. The number of piperidine rings is 1. The van der Waals surface area contributed by atoms with Crippen LogP contribution in [0.2, 0.25) is 0 Å². The monoisotopic (exact) mass is 597 g/mol. The summed E-state index contributed by atoms with van der Waals surface area (Å²) in [5.41, 5.74) is 4.40.